The van der Waals surface area contributed by atoms with Gasteiger partial charge in [0.2, 0.25) is 0 Å². The zero-order valence-electron chi connectivity index (χ0n) is 19.7. The van der Waals surface area contributed by atoms with E-state index < -0.39 is 21.0 Å². The van der Waals surface area contributed by atoms with Crippen molar-refractivity contribution in [3.05, 3.63) is 22.8 Å². The summed E-state index contributed by atoms with van der Waals surface area (Å²) in [5, 5.41) is 11.6. The molecule has 1 aromatic rings. The van der Waals surface area contributed by atoms with Crippen molar-refractivity contribution in [2.75, 3.05) is 14.2 Å². The number of methoxy groups -OCH3 is 2. The van der Waals surface area contributed by atoms with Crippen molar-refractivity contribution in [2.45, 2.75) is 95.7 Å². The van der Waals surface area contributed by atoms with Gasteiger partial charge < -0.3 is 24.1 Å². The monoisotopic (exact) mass is 435 g/mol. The van der Waals surface area contributed by atoms with Crippen LogP contribution in [0, 0.1) is 6.92 Å². The van der Waals surface area contributed by atoms with Crippen molar-refractivity contribution < 1.29 is 24.1 Å². The van der Waals surface area contributed by atoms with Crippen molar-refractivity contribution in [3.63, 3.8) is 0 Å². The number of carbonyl (C=O) groups excluding carboxylic acids is 1. The van der Waals surface area contributed by atoms with Crippen molar-refractivity contribution >= 4 is 15.1 Å². The van der Waals surface area contributed by atoms with Gasteiger partial charge in [0, 0.05) is 12.0 Å². The third-order valence-electron chi connectivity index (χ3n) is 6.43. The van der Waals surface area contributed by atoms with Crippen LogP contribution in [-0.4, -0.2) is 46.6 Å². The molecular formula is C24H39O5Si. The second-order valence-corrected chi connectivity index (χ2v) is 12.9. The van der Waals surface area contributed by atoms with Crippen LogP contribution in [0.3, 0.4) is 0 Å². The molecule has 1 aromatic carbocycles. The fourth-order valence-corrected chi connectivity index (χ4v) is 5.52. The van der Waals surface area contributed by atoms with Gasteiger partial charge in [0.25, 0.3) is 0 Å². The fraction of sp³-hybridized carbons (Fsp3) is 0.708. The summed E-state index contributed by atoms with van der Waals surface area (Å²) in [5.41, 5.74) is 2.70. The highest BCUT2D eigenvalue weighted by atomic mass is 28.3. The van der Waals surface area contributed by atoms with E-state index in [1.807, 2.05) is 13.0 Å². The lowest BCUT2D eigenvalue weighted by molar-refractivity contribution is -0.118. The summed E-state index contributed by atoms with van der Waals surface area (Å²) in [7, 11) is 2.51. The van der Waals surface area contributed by atoms with E-state index in [4.69, 9.17) is 14.2 Å². The maximum atomic E-state index is 11.4. The van der Waals surface area contributed by atoms with Gasteiger partial charge in [-0.3, -0.25) is 0 Å². The molecule has 0 heterocycles. The van der Waals surface area contributed by atoms with Crippen LogP contribution in [0.5, 0.6) is 11.5 Å². The molecule has 6 heteroatoms. The highest BCUT2D eigenvalue weighted by Gasteiger charge is 2.32. The number of benzene rings is 1. The van der Waals surface area contributed by atoms with Gasteiger partial charge in [-0.25, -0.2) is 0 Å². The summed E-state index contributed by atoms with van der Waals surface area (Å²) in [6, 6.07) is 2.76. The molecule has 169 valence electrons. The lowest BCUT2D eigenvalue weighted by Crippen LogP contribution is -2.30. The highest BCUT2D eigenvalue weighted by molar-refractivity contribution is 6.60. The molecule has 0 spiro atoms. The Hall–Kier alpha value is -1.37. The van der Waals surface area contributed by atoms with Gasteiger partial charge in [-0.1, -0.05) is 40.2 Å². The second kappa shape index (κ2) is 10.8. The summed E-state index contributed by atoms with van der Waals surface area (Å²) in [4.78, 5) is 11.4. The summed E-state index contributed by atoms with van der Waals surface area (Å²) in [5.74, 6) is 1.44. The van der Waals surface area contributed by atoms with E-state index in [2.05, 4.69) is 27.3 Å². The summed E-state index contributed by atoms with van der Waals surface area (Å²) in [6.07, 6.45) is 3.89. The van der Waals surface area contributed by atoms with E-state index in [1.165, 1.54) is 0 Å². The van der Waals surface area contributed by atoms with Crippen LogP contribution in [-0.2, 0) is 15.6 Å². The van der Waals surface area contributed by atoms with E-state index in [1.54, 1.807) is 14.2 Å². The maximum absolute atomic E-state index is 11.4. The van der Waals surface area contributed by atoms with Crippen LogP contribution in [0.1, 0.15) is 75.7 Å². The van der Waals surface area contributed by atoms with E-state index in [9.17, 15) is 9.90 Å². The smallest absolute Gasteiger partial charge is 0.128 e. The Labute approximate surface area is 183 Å². The normalized spacial score (nSPS) is 17.2. The molecule has 1 N–H and O–H groups in total. The Kier molecular flexibility index (Phi) is 8.94. The van der Waals surface area contributed by atoms with Gasteiger partial charge in [0.15, 0.2) is 0 Å². The van der Waals surface area contributed by atoms with Crippen molar-refractivity contribution in [3.8, 4) is 11.5 Å². The molecule has 1 saturated carbocycles. The van der Waals surface area contributed by atoms with Crippen molar-refractivity contribution in [1.29, 1.82) is 0 Å². The SMILES string of the molecule is COc1cc([C@@H](O)[C@H](CC=O)OC2CCCC2)c(C[Si](C)C(C)(C)C)c(OC)c1C. The standard InChI is InChI=1S/C24H39O5Si/c1-16-21(27-5)14-18(19(23(16)28-6)15-30(7)24(2,3)4)22(26)20(12-13-25)29-17-10-8-9-11-17/h13-14,17,20,22,26H,8-12,15H2,1-7H3/t20-,22+/m0/s1. The number of hydrogen-bond donors (Lipinski definition) is 1. The van der Waals surface area contributed by atoms with Gasteiger partial charge in [0.05, 0.1) is 35.2 Å². The molecule has 5 nitrogen and oxygen atoms in total. The van der Waals surface area contributed by atoms with Crippen LogP contribution in [0.4, 0.5) is 0 Å². The molecular weight excluding hydrogens is 396 g/mol. The molecule has 0 aliphatic heterocycles. The first-order chi connectivity index (χ1) is 14.1. The van der Waals surface area contributed by atoms with Gasteiger partial charge in [-0.15, -0.1) is 0 Å². The lowest BCUT2D eigenvalue weighted by Gasteiger charge is -2.31. The Morgan fingerprint density at radius 1 is 1.23 bits per heavy atom. The first-order valence-corrected chi connectivity index (χ1v) is 13.2. The number of aliphatic hydroxyl groups is 1. The number of carbonyl (C=O) groups is 1. The third-order valence-corrected chi connectivity index (χ3v) is 9.88. The number of rotatable bonds is 10. The van der Waals surface area contributed by atoms with Crippen molar-refractivity contribution in [2.24, 2.45) is 0 Å². The Bertz CT molecular complexity index is 707. The van der Waals surface area contributed by atoms with E-state index in [0.29, 0.717) is 5.75 Å². The molecule has 2 atom stereocenters. The predicted octanol–water partition coefficient (Wildman–Crippen LogP) is 4.97. The minimum Gasteiger partial charge on any atom is -0.496 e. The highest BCUT2D eigenvalue weighted by Crippen LogP contribution is 2.41. The van der Waals surface area contributed by atoms with E-state index >= 15 is 0 Å². The molecule has 0 amide bonds. The number of ether oxygens (including phenoxy) is 3. The molecule has 1 aliphatic rings. The molecule has 0 bridgehead atoms. The largest absolute Gasteiger partial charge is 0.496 e. The first-order valence-electron chi connectivity index (χ1n) is 11.0. The minimum atomic E-state index is -0.913. The molecule has 0 aromatic heterocycles. The fourth-order valence-electron chi connectivity index (χ4n) is 4.10. The Balaban J connectivity index is 2.51. The molecule has 0 unspecified atom stereocenters. The van der Waals surface area contributed by atoms with Crippen LogP contribution < -0.4 is 9.47 Å². The zero-order chi connectivity index (χ0) is 22.5. The summed E-state index contributed by atoms with van der Waals surface area (Å²) < 4.78 is 17.6. The van der Waals surface area contributed by atoms with Crippen LogP contribution in [0.25, 0.3) is 0 Å². The van der Waals surface area contributed by atoms with Crippen molar-refractivity contribution in [1.82, 2.24) is 0 Å². The van der Waals surface area contributed by atoms with Crippen LogP contribution >= 0.6 is 0 Å². The number of hydrogen-bond acceptors (Lipinski definition) is 5. The molecule has 1 radical (unpaired) electrons. The van der Waals surface area contributed by atoms with E-state index in [0.717, 1.165) is 60.5 Å². The molecule has 30 heavy (non-hydrogen) atoms. The molecule has 1 aliphatic carbocycles. The van der Waals surface area contributed by atoms with Crippen LogP contribution in [0.2, 0.25) is 11.6 Å². The van der Waals surface area contributed by atoms with Gasteiger partial charge in [0.1, 0.15) is 23.9 Å². The molecule has 1 fully saturated rings. The quantitative estimate of drug-likeness (QED) is 0.415. The summed E-state index contributed by atoms with van der Waals surface area (Å²) in [6.45, 7) is 11.1. The summed E-state index contributed by atoms with van der Waals surface area (Å²) >= 11 is 0. The third kappa shape index (κ3) is 5.86. The van der Waals surface area contributed by atoms with Gasteiger partial charge in [-0.05, 0) is 48.0 Å². The van der Waals surface area contributed by atoms with Crippen LogP contribution in [0.15, 0.2) is 6.07 Å². The molecule has 0 saturated heterocycles. The second-order valence-electron chi connectivity index (χ2n) is 9.44. The topological polar surface area (TPSA) is 65.0 Å². The van der Waals surface area contributed by atoms with Gasteiger partial charge in [-0.2, -0.15) is 0 Å². The van der Waals surface area contributed by atoms with E-state index in [-0.39, 0.29) is 17.6 Å². The Morgan fingerprint density at radius 2 is 1.87 bits per heavy atom. The number of aliphatic hydroxyl groups excluding tert-OH is 1. The average Bonchev–Trinajstić information content (AvgIpc) is 3.20. The predicted molar refractivity (Wildman–Crippen MR) is 122 cm³/mol. The van der Waals surface area contributed by atoms with Gasteiger partial charge >= 0.3 is 0 Å². The lowest BCUT2D eigenvalue weighted by atomic mass is 9.94. The first kappa shape index (κ1) is 24.9. The average molecular weight is 436 g/mol. The molecule has 2 rings (SSSR count). The zero-order valence-corrected chi connectivity index (χ0v) is 20.7. The Morgan fingerprint density at radius 3 is 2.37 bits per heavy atom. The maximum Gasteiger partial charge on any atom is 0.128 e. The minimum absolute atomic E-state index is 0.114. The number of aldehydes is 1.